The lowest BCUT2D eigenvalue weighted by Crippen LogP contribution is -2.21. The van der Waals surface area contributed by atoms with Crippen molar-refractivity contribution in [1.29, 1.82) is 0 Å². The molecule has 0 bridgehead atoms. The second-order valence-corrected chi connectivity index (χ2v) is 6.96. The maximum Gasteiger partial charge on any atom is 0.339 e. The minimum atomic E-state index is -0.713. The van der Waals surface area contributed by atoms with Crippen LogP contribution < -0.4 is 0 Å². The number of carbonyl (C=O) groups excluding carboxylic acids is 2. The van der Waals surface area contributed by atoms with Gasteiger partial charge in [-0.25, -0.2) is 9.59 Å². The Morgan fingerprint density at radius 3 is 1.85 bits per heavy atom. The Morgan fingerprint density at radius 2 is 1.22 bits per heavy atom. The van der Waals surface area contributed by atoms with E-state index in [9.17, 15) is 9.59 Å². The number of fused-ring (bicyclic) bond motifs is 3. The first-order valence-electron chi connectivity index (χ1n) is 8.46. The van der Waals surface area contributed by atoms with Gasteiger partial charge in [0.2, 0.25) is 0 Å². The number of halogens is 1. The third kappa shape index (κ3) is 3.38. The van der Waals surface area contributed by atoms with E-state index < -0.39 is 18.0 Å². The fourth-order valence-electron chi connectivity index (χ4n) is 3.14. The molecule has 3 aromatic carbocycles. The molecular weight excluding hydrogens is 408 g/mol. The molecule has 0 spiro atoms. The van der Waals surface area contributed by atoms with Crippen molar-refractivity contribution >= 4 is 27.9 Å². The number of rotatable bonds is 1. The predicted octanol–water partition coefficient (Wildman–Crippen LogP) is 5.18. The minimum Gasteiger partial charge on any atom is -0.458 e. The van der Waals surface area contributed by atoms with E-state index in [-0.39, 0.29) is 6.61 Å². The lowest BCUT2D eigenvalue weighted by molar-refractivity contribution is -0.00170. The van der Waals surface area contributed by atoms with E-state index >= 15 is 0 Å². The average molecular weight is 423 g/mol. The summed E-state index contributed by atoms with van der Waals surface area (Å²) in [6.07, 6.45) is -0.713. The van der Waals surface area contributed by atoms with Crippen molar-refractivity contribution in [3.05, 3.63) is 94.0 Å². The molecule has 4 nitrogen and oxygen atoms in total. The van der Waals surface area contributed by atoms with Crippen molar-refractivity contribution in [1.82, 2.24) is 0 Å². The van der Waals surface area contributed by atoms with Gasteiger partial charge in [-0.05, 0) is 29.3 Å². The van der Waals surface area contributed by atoms with E-state index in [0.29, 0.717) is 22.3 Å². The number of carbonyl (C=O) groups is 2. The van der Waals surface area contributed by atoms with Crippen LogP contribution in [0, 0.1) is 0 Å². The number of cyclic esters (lactones) is 2. The normalized spacial score (nSPS) is 16.6. The summed E-state index contributed by atoms with van der Waals surface area (Å²) in [5, 5.41) is 0. The number of ether oxygens (including phenoxy) is 2. The fourth-order valence-corrected chi connectivity index (χ4v) is 3.68. The maximum absolute atomic E-state index is 12.9. The first-order chi connectivity index (χ1) is 13.1. The molecule has 27 heavy (non-hydrogen) atoms. The molecule has 1 heterocycles. The van der Waals surface area contributed by atoms with Gasteiger partial charge in [-0.3, -0.25) is 0 Å². The van der Waals surface area contributed by atoms with Gasteiger partial charge in [-0.1, -0.05) is 70.5 Å². The zero-order valence-corrected chi connectivity index (χ0v) is 15.8. The van der Waals surface area contributed by atoms with Crippen molar-refractivity contribution in [2.24, 2.45) is 0 Å². The van der Waals surface area contributed by atoms with Gasteiger partial charge in [0.25, 0.3) is 0 Å². The van der Waals surface area contributed by atoms with Crippen LogP contribution in [0.5, 0.6) is 0 Å². The number of benzene rings is 3. The van der Waals surface area contributed by atoms with Gasteiger partial charge in [0.1, 0.15) is 6.61 Å². The molecule has 5 heteroatoms. The average Bonchev–Trinajstić information content (AvgIpc) is 2.71. The number of hydrogen-bond acceptors (Lipinski definition) is 4. The van der Waals surface area contributed by atoms with Gasteiger partial charge in [-0.15, -0.1) is 0 Å². The lowest BCUT2D eigenvalue weighted by Gasteiger charge is -2.22. The summed E-state index contributed by atoms with van der Waals surface area (Å²) in [7, 11) is 0. The van der Waals surface area contributed by atoms with Crippen LogP contribution in [0.4, 0.5) is 0 Å². The Balaban J connectivity index is 1.85. The van der Waals surface area contributed by atoms with E-state index in [0.717, 1.165) is 10.0 Å². The molecule has 1 aliphatic rings. The molecular formula is C22H15BrO4. The third-order valence-corrected chi connectivity index (χ3v) is 5.17. The highest BCUT2D eigenvalue weighted by Gasteiger charge is 2.27. The Bertz CT molecular complexity index is 1030. The van der Waals surface area contributed by atoms with E-state index in [1.165, 1.54) is 0 Å². The van der Waals surface area contributed by atoms with Gasteiger partial charge >= 0.3 is 11.9 Å². The minimum absolute atomic E-state index is 0.0658. The summed E-state index contributed by atoms with van der Waals surface area (Å²) in [6.45, 7) is -0.0658. The predicted molar refractivity (Wildman–Crippen MR) is 104 cm³/mol. The molecule has 0 radical (unpaired) electrons. The summed E-state index contributed by atoms with van der Waals surface area (Å²) in [4.78, 5) is 25.6. The Hall–Kier alpha value is -2.92. The number of esters is 2. The maximum atomic E-state index is 12.9. The summed E-state index contributed by atoms with van der Waals surface area (Å²) in [6, 6.07) is 21.6. The molecule has 0 fully saturated rings. The van der Waals surface area contributed by atoms with Crippen LogP contribution in [0.1, 0.15) is 32.4 Å². The molecule has 4 rings (SSSR count). The van der Waals surface area contributed by atoms with Crippen LogP contribution in [0.2, 0.25) is 0 Å². The van der Waals surface area contributed by atoms with Crippen LogP contribution in [0.3, 0.4) is 0 Å². The van der Waals surface area contributed by atoms with Gasteiger partial charge in [-0.2, -0.15) is 0 Å². The van der Waals surface area contributed by atoms with Crippen LogP contribution in [-0.2, 0) is 9.47 Å². The summed E-state index contributed by atoms with van der Waals surface area (Å²) >= 11 is 3.47. The number of hydrogen-bond donors (Lipinski definition) is 0. The Kier molecular flexibility index (Phi) is 4.77. The fraction of sp³-hybridized carbons (Fsp3) is 0.0909. The highest BCUT2D eigenvalue weighted by molar-refractivity contribution is 9.10. The van der Waals surface area contributed by atoms with E-state index in [1.54, 1.807) is 36.4 Å². The molecule has 1 aliphatic heterocycles. The highest BCUT2D eigenvalue weighted by atomic mass is 79.9. The van der Waals surface area contributed by atoms with Crippen LogP contribution in [0.25, 0.3) is 11.1 Å². The van der Waals surface area contributed by atoms with Gasteiger partial charge < -0.3 is 9.47 Å². The molecule has 0 saturated carbocycles. The van der Waals surface area contributed by atoms with E-state index in [2.05, 4.69) is 15.9 Å². The summed E-state index contributed by atoms with van der Waals surface area (Å²) in [5.41, 5.74) is 2.87. The van der Waals surface area contributed by atoms with Gasteiger partial charge in [0.05, 0.1) is 11.1 Å². The standard InChI is InChI=1S/C22H15BrO4/c23-19-12-6-5-11-18(19)20-13-26-21(24)16-9-3-1-7-14(16)15-8-2-4-10-17(15)22(25)27-20/h1-12,20H,13H2. The molecule has 1 atom stereocenters. The van der Waals surface area contributed by atoms with E-state index in [1.807, 2.05) is 36.4 Å². The Morgan fingerprint density at radius 1 is 0.704 bits per heavy atom. The first kappa shape index (κ1) is 17.5. The Labute approximate surface area is 164 Å². The summed E-state index contributed by atoms with van der Waals surface area (Å²) < 4.78 is 12.0. The van der Waals surface area contributed by atoms with Crippen molar-refractivity contribution in [3.8, 4) is 11.1 Å². The third-order valence-electron chi connectivity index (χ3n) is 4.45. The first-order valence-corrected chi connectivity index (χ1v) is 9.25. The van der Waals surface area contributed by atoms with Gasteiger partial charge in [0.15, 0.2) is 6.10 Å². The van der Waals surface area contributed by atoms with Crippen LogP contribution in [0.15, 0.2) is 77.3 Å². The molecule has 134 valence electrons. The second kappa shape index (κ2) is 7.37. The second-order valence-electron chi connectivity index (χ2n) is 6.11. The van der Waals surface area contributed by atoms with Crippen molar-refractivity contribution in [3.63, 3.8) is 0 Å². The smallest absolute Gasteiger partial charge is 0.339 e. The summed E-state index contributed by atoms with van der Waals surface area (Å²) in [5.74, 6) is -0.908. The molecule has 0 saturated heterocycles. The molecule has 0 N–H and O–H groups in total. The quantitative estimate of drug-likeness (QED) is 0.506. The van der Waals surface area contributed by atoms with Crippen molar-refractivity contribution < 1.29 is 19.1 Å². The van der Waals surface area contributed by atoms with E-state index in [4.69, 9.17) is 9.47 Å². The van der Waals surface area contributed by atoms with Crippen LogP contribution in [-0.4, -0.2) is 18.5 Å². The monoisotopic (exact) mass is 422 g/mol. The van der Waals surface area contributed by atoms with Crippen LogP contribution >= 0.6 is 15.9 Å². The molecule has 0 aromatic heterocycles. The molecule has 0 amide bonds. The van der Waals surface area contributed by atoms with Crippen molar-refractivity contribution in [2.45, 2.75) is 6.10 Å². The van der Waals surface area contributed by atoms with Gasteiger partial charge in [0, 0.05) is 10.0 Å². The molecule has 3 aromatic rings. The SMILES string of the molecule is O=C1OCC(c2ccccc2Br)OC(=O)c2ccccc2-c2ccccc21. The highest BCUT2D eigenvalue weighted by Crippen LogP contribution is 2.33. The largest absolute Gasteiger partial charge is 0.458 e. The van der Waals surface area contributed by atoms with Crippen molar-refractivity contribution in [2.75, 3.05) is 6.61 Å². The lowest BCUT2D eigenvalue weighted by atomic mass is 9.95. The topological polar surface area (TPSA) is 52.6 Å². The zero-order chi connectivity index (χ0) is 18.8. The zero-order valence-electron chi connectivity index (χ0n) is 14.2. The molecule has 1 unspecified atom stereocenters. The molecule has 0 aliphatic carbocycles.